The molecule has 1 aromatic heterocycles. The first kappa shape index (κ1) is 12.5. The normalized spacial score (nSPS) is 13.3. The zero-order chi connectivity index (χ0) is 11.1. The van der Waals surface area contributed by atoms with E-state index >= 15 is 0 Å². The number of nitrogens with zero attached hydrogens (tertiary/aromatic N) is 1. The van der Waals surface area contributed by atoms with Crippen molar-refractivity contribution in [2.24, 2.45) is 0 Å². The summed E-state index contributed by atoms with van der Waals surface area (Å²) in [6.45, 7) is 1.68. The van der Waals surface area contributed by atoms with E-state index in [0.717, 1.165) is 0 Å². The minimum atomic E-state index is -0.252. The standard InChI is InChI=1S/C10H16ClNO3/c11-9(10-2-1-7-15-10)8-12(3-5-13)4-6-14/h1-2,7,9,13-14H,3-6,8H2. The van der Waals surface area contributed by atoms with E-state index in [9.17, 15) is 0 Å². The minimum Gasteiger partial charge on any atom is -0.468 e. The topological polar surface area (TPSA) is 56.8 Å². The first-order chi connectivity index (χ1) is 7.27. The van der Waals surface area contributed by atoms with E-state index in [4.69, 9.17) is 26.2 Å². The molecule has 0 saturated heterocycles. The van der Waals surface area contributed by atoms with Crippen LogP contribution >= 0.6 is 11.6 Å². The van der Waals surface area contributed by atoms with Gasteiger partial charge in [0.15, 0.2) is 0 Å². The highest BCUT2D eigenvalue weighted by atomic mass is 35.5. The number of furan rings is 1. The van der Waals surface area contributed by atoms with Crippen LogP contribution in [0.2, 0.25) is 0 Å². The fourth-order valence-corrected chi connectivity index (χ4v) is 1.68. The summed E-state index contributed by atoms with van der Waals surface area (Å²) in [7, 11) is 0. The molecule has 0 aliphatic rings. The van der Waals surface area contributed by atoms with Crippen molar-refractivity contribution in [1.82, 2.24) is 4.90 Å². The first-order valence-corrected chi connectivity index (χ1v) is 5.33. The molecular formula is C10H16ClNO3. The zero-order valence-corrected chi connectivity index (χ0v) is 9.23. The summed E-state index contributed by atoms with van der Waals surface area (Å²) in [4.78, 5) is 1.89. The minimum absolute atomic E-state index is 0.0573. The van der Waals surface area contributed by atoms with Gasteiger partial charge >= 0.3 is 0 Å². The lowest BCUT2D eigenvalue weighted by molar-refractivity contribution is 0.159. The summed E-state index contributed by atoms with van der Waals surface area (Å²) < 4.78 is 5.17. The molecule has 0 saturated carbocycles. The summed E-state index contributed by atoms with van der Waals surface area (Å²) in [6, 6.07) is 3.60. The molecule has 1 atom stereocenters. The smallest absolute Gasteiger partial charge is 0.122 e. The Morgan fingerprint density at radius 1 is 1.33 bits per heavy atom. The third-order valence-corrected chi connectivity index (χ3v) is 2.46. The molecule has 1 rings (SSSR count). The molecule has 1 heterocycles. The molecule has 1 aromatic rings. The predicted molar refractivity (Wildman–Crippen MR) is 57.9 cm³/mol. The van der Waals surface area contributed by atoms with Crippen LogP contribution in [0.1, 0.15) is 11.1 Å². The maximum Gasteiger partial charge on any atom is 0.122 e. The summed E-state index contributed by atoms with van der Waals surface area (Å²) in [6.07, 6.45) is 1.58. The fraction of sp³-hybridized carbons (Fsp3) is 0.600. The van der Waals surface area contributed by atoms with Crippen LogP contribution in [-0.4, -0.2) is 48.0 Å². The number of aliphatic hydroxyl groups excluding tert-OH is 2. The van der Waals surface area contributed by atoms with Gasteiger partial charge in [-0.3, -0.25) is 4.90 Å². The number of hydrogen-bond acceptors (Lipinski definition) is 4. The van der Waals surface area contributed by atoms with Gasteiger partial charge in [-0.05, 0) is 12.1 Å². The number of aliphatic hydroxyl groups is 2. The summed E-state index contributed by atoms with van der Waals surface area (Å²) in [5.41, 5.74) is 0. The number of rotatable bonds is 7. The molecule has 5 heteroatoms. The largest absolute Gasteiger partial charge is 0.468 e. The molecule has 1 unspecified atom stereocenters. The van der Waals surface area contributed by atoms with Crippen LogP contribution in [0, 0.1) is 0 Å². The molecule has 86 valence electrons. The van der Waals surface area contributed by atoms with Crippen molar-refractivity contribution in [2.75, 3.05) is 32.8 Å². The molecule has 2 N–H and O–H groups in total. The highest BCUT2D eigenvalue weighted by molar-refractivity contribution is 6.20. The van der Waals surface area contributed by atoms with E-state index in [-0.39, 0.29) is 18.6 Å². The molecule has 0 amide bonds. The first-order valence-electron chi connectivity index (χ1n) is 4.89. The number of alkyl halides is 1. The van der Waals surface area contributed by atoms with Crippen LogP contribution in [0.3, 0.4) is 0 Å². The molecule has 0 fully saturated rings. The summed E-state index contributed by atoms with van der Waals surface area (Å²) in [5.74, 6) is 0.706. The molecule has 0 spiro atoms. The second-order valence-corrected chi connectivity index (χ2v) is 3.76. The van der Waals surface area contributed by atoms with Gasteiger partial charge in [0.05, 0.1) is 19.5 Å². The lowest BCUT2D eigenvalue weighted by Gasteiger charge is -2.21. The number of hydrogen-bond donors (Lipinski definition) is 2. The molecule has 0 bridgehead atoms. The van der Waals surface area contributed by atoms with E-state index in [2.05, 4.69) is 0 Å². The van der Waals surface area contributed by atoms with E-state index in [0.29, 0.717) is 25.4 Å². The molecule has 0 aromatic carbocycles. The highest BCUT2D eigenvalue weighted by Crippen LogP contribution is 2.21. The van der Waals surface area contributed by atoms with Crippen molar-refractivity contribution >= 4 is 11.6 Å². The van der Waals surface area contributed by atoms with Crippen LogP contribution < -0.4 is 0 Å². The SMILES string of the molecule is OCCN(CCO)CC(Cl)c1ccco1. The van der Waals surface area contributed by atoms with Gasteiger partial charge in [-0.2, -0.15) is 0 Å². The number of halogens is 1. The molecule has 15 heavy (non-hydrogen) atoms. The fourth-order valence-electron chi connectivity index (χ4n) is 1.36. The second-order valence-electron chi connectivity index (χ2n) is 3.23. The zero-order valence-electron chi connectivity index (χ0n) is 8.47. The second kappa shape index (κ2) is 6.85. The Hall–Kier alpha value is -0.550. The van der Waals surface area contributed by atoms with Crippen LogP contribution in [0.15, 0.2) is 22.8 Å². The molecular weight excluding hydrogens is 218 g/mol. The monoisotopic (exact) mass is 233 g/mol. The molecule has 0 aliphatic carbocycles. The van der Waals surface area contributed by atoms with Crippen LogP contribution in [0.25, 0.3) is 0 Å². The highest BCUT2D eigenvalue weighted by Gasteiger charge is 2.15. The van der Waals surface area contributed by atoms with Crippen molar-refractivity contribution in [3.05, 3.63) is 24.2 Å². The van der Waals surface area contributed by atoms with E-state index < -0.39 is 0 Å². The lowest BCUT2D eigenvalue weighted by Crippen LogP contribution is -2.32. The van der Waals surface area contributed by atoms with Crippen molar-refractivity contribution in [1.29, 1.82) is 0 Å². The van der Waals surface area contributed by atoms with Gasteiger partial charge in [-0.1, -0.05) is 0 Å². The summed E-state index contributed by atoms with van der Waals surface area (Å²) in [5, 5.41) is 17.4. The lowest BCUT2D eigenvalue weighted by atomic mass is 10.3. The van der Waals surface area contributed by atoms with Crippen LogP contribution in [-0.2, 0) is 0 Å². The quantitative estimate of drug-likeness (QED) is 0.686. The van der Waals surface area contributed by atoms with Gasteiger partial charge in [0, 0.05) is 19.6 Å². The van der Waals surface area contributed by atoms with Gasteiger partial charge < -0.3 is 14.6 Å². The van der Waals surface area contributed by atoms with Crippen molar-refractivity contribution < 1.29 is 14.6 Å². The van der Waals surface area contributed by atoms with Crippen LogP contribution in [0.4, 0.5) is 0 Å². The van der Waals surface area contributed by atoms with E-state index in [1.807, 2.05) is 11.0 Å². The Morgan fingerprint density at radius 2 is 2.00 bits per heavy atom. The van der Waals surface area contributed by atoms with Gasteiger partial charge in [0.2, 0.25) is 0 Å². The molecule has 4 nitrogen and oxygen atoms in total. The molecule has 0 aliphatic heterocycles. The van der Waals surface area contributed by atoms with Crippen molar-refractivity contribution in [3.8, 4) is 0 Å². The molecule has 0 radical (unpaired) electrons. The van der Waals surface area contributed by atoms with Crippen molar-refractivity contribution in [2.45, 2.75) is 5.38 Å². The Kier molecular flexibility index (Phi) is 5.71. The third-order valence-electron chi connectivity index (χ3n) is 2.10. The maximum absolute atomic E-state index is 8.82. The Morgan fingerprint density at radius 3 is 2.47 bits per heavy atom. The maximum atomic E-state index is 8.82. The van der Waals surface area contributed by atoms with Crippen LogP contribution in [0.5, 0.6) is 0 Å². The average molecular weight is 234 g/mol. The summed E-state index contributed by atoms with van der Waals surface area (Å²) >= 11 is 6.12. The Balaban J connectivity index is 2.43. The van der Waals surface area contributed by atoms with E-state index in [1.165, 1.54) is 0 Å². The Labute approximate surface area is 94.1 Å². The van der Waals surface area contributed by atoms with Gasteiger partial charge in [-0.25, -0.2) is 0 Å². The van der Waals surface area contributed by atoms with Gasteiger partial charge in [-0.15, -0.1) is 11.6 Å². The van der Waals surface area contributed by atoms with Crippen molar-refractivity contribution in [3.63, 3.8) is 0 Å². The van der Waals surface area contributed by atoms with Gasteiger partial charge in [0.1, 0.15) is 11.1 Å². The Bertz CT molecular complexity index is 247. The van der Waals surface area contributed by atoms with E-state index in [1.54, 1.807) is 12.3 Å². The predicted octanol–water partition coefficient (Wildman–Crippen LogP) is 0.846. The van der Waals surface area contributed by atoms with Gasteiger partial charge in [0.25, 0.3) is 0 Å². The third kappa shape index (κ3) is 4.22. The average Bonchev–Trinajstić information content (AvgIpc) is 2.71.